The maximum atomic E-state index is 13.3. The summed E-state index contributed by atoms with van der Waals surface area (Å²) in [5.41, 5.74) is 1.84. The lowest BCUT2D eigenvalue weighted by atomic mass is 10.0. The van der Waals surface area contributed by atoms with Crippen LogP contribution in [0.4, 0.5) is 11.5 Å². The maximum absolute atomic E-state index is 13.3. The van der Waals surface area contributed by atoms with Crippen molar-refractivity contribution in [3.8, 4) is 22.6 Å². The van der Waals surface area contributed by atoms with Gasteiger partial charge in [0.15, 0.2) is 0 Å². The average molecular weight is 485 g/mol. The highest BCUT2D eigenvalue weighted by Crippen LogP contribution is 2.38. The summed E-state index contributed by atoms with van der Waals surface area (Å²) in [6, 6.07) is 11.2. The van der Waals surface area contributed by atoms with E-state index in [1.165, 1.54) is 31.0 Å². The summed E-state index contributed by atoms with van der Waals surface area (Å²) in [5, 5.41) is 7.13. The Labute approximate surface area is 196 Å². The summed E-state index contributed by atoms with van der Waals surface area (Å²) >= 11 is 0. The molecule has 178 valence electrons. The van der Waals surface area contributed by atoms with Crippen molar-refractivity contribution in [2.45, 2.75) is 31.1 Å². The van der Waals surface area contributed by atoms with Crippen LogP contribution in [0.1, 0.15) is 30.3 Å². The molecule has 0 saturated carbocycles. The molecule has 1 amide bonds. The van der Waals surface area contributed by atoms with Crippen LogP contribution in [0.25, 0.3) is 11.1 Å². The smallest absolute Gasteiger partial charge is 0.265 e. The molecule has 1 aromatic heterocycles. The minimum Gasteiger partial charge on any atom is -0.497 e. The molecule has 11 heteroatoms. The Morgan fingerprint density at radius 1 is 1.09 bits per heavy atom. The van der Waals surface area contributed by atoms with Gasteiger partial charge in [-0.05, 0) is 36.2 Å². The second-order valence-corrected chi connectivity index (χ2v) is 9.23. The number of hydrogen-bond donors (Lipinski definition) is 2. The topological polar surface area (TPSA) is 129 Å². The van der Waals surface area contributed by atoms with Crippen molar-refractivity contribution in [3.05, 3.63) is 48.2 Å². The quantitative estimate of drug-likeness (QED) is 0.526. The first-order valence-corrected chi connectivity index (χ1v) is 12.1. The minimum absolute atomic E-state index is 0.0375. The Balaban J connectivity index is 1.84. The van der Waals surface area contributed by atoms with E-state index >= 15 is 0 Å². The fraction of sp³-hybridized carbons (Fsp3) is 0.261. The molecule has 4 rings (SSSR count). The molecule has 2 heterocycles. The number of aryl methyl sites for hydroxylation is 1. The number of methoxy groups -OCH3 is 2. The Hall–Kier alpha value is -3.86. The molecule has 34 heavy (non-hydrogen) atoms. The molecule has 0 spiro atoms. The van der Waals surface area contributed by atoms with Crippen molar-refractivity contribution in [2.24, 2.45) is 0 Å². The van der Waals surface area contributed by atoms with Gasteiger partial charge in [-0.1, -0.05) is 19.1 Å². The molecule has 2 aromatic carbocycles. The highest BCUT2D eigenvalue weighted by Gasteiger charge is 2.29. The normalized spacial score (nSPS) is 13.6. The molecular formula is C23H24N4O6S. The monoisotopic (exact) mass is 484 g/mol. The van der Waals surface area contributed by atoms with E-state index in [0.717, 1.165) is 0 Å². The maximum Gasteiger partial charge on any atom is 0.265 e. The van der Waals surface area contributed by atoms with Crippen LogP contribution in [0.15, 0.2) is 47.4 Å². The summed E-state index contributed by atoms with van der Waals surface area (Å²) in [7, 11) is -1.21. The second kappa shape index (κ2) is 9.18. The Bertz CT molecular complexity index is 1380. The molecule has 0 fully saturated rings. The standard InChI is InChI=1S/C23H24N4O6S/c1-4-17-22(23-24-20(28)10-11-21(29)27(23)25-17)14-8-9-18(33-3)19(12-14)34(30,31)26-15-6-5-7-16(13-15)32-2/h5-9,12-13,26H,4,10-11H2,1-3H3,(H,24,28). The number of benzene rings is 2. The zero-order valence-electron chi connectivity index (χ0n) is 18.9. The van der Waals surface area contributed by atoms with Gasteiger partial charge in [-0.3, -0.25) is 14.3 Å². The lowest BCUT2D eigenvalue weighted by molar-refractivity contribution is -0.116. The predicted molar refractivity (Wildman–Crippen MR) is 126 cm³/mol. The van der Waals surface area contributed by atoms with Gasteiger partial charge in [0.1, 0.15) is 22.2 Å². The number of amides is 1. The van der Waals surface area contributed by atoms with Crippen LogP contribution in [0.2, 0.25) is 0 Å². The largest absolute Gasteiger partial charge is 0.497 e. The van der Waals surface area contributed by atoms with E-state index in [-0.39, 0.29) is 41.1 Å². The third-order valence-electron chi connectivity index (χ3n) is 5.42. The first-order valence-electron chi connectivity index (χ1n) is 10.6. The highest BCUT2D eigenvalue weighted by atomic mass is 32.2. The van der Waals surface area contributed by atoms with Gasteiger partial charge < -0.3 is 14.8 Å². The number of nitrogens with one attached hydrogen (secondary N) is 2. The molecule has 0 atom stereocenters. The van der Waals surface area contributed by atoms with E-state index in [4.69, 9.17) is 9.47 Å². The predicted octanol–water partition coefficient (Wildman–Crippen LogP) is 3.30. The lowest BCUT2D eigenvalue weighted by Crippen LogP contribution is -2.14. The number of sulfonamides is 1. The zero-order chi connectivity index (χ0) is 24.5. The summed E-state index contributed by atoms with van der Waals surface area (Å²) in [5.74, 6) is 0.248. The van der Waals surface area contributed by atoms with Gasteiger partial charge in [-0.25, -0.2) is 8.42 Å². The molecule has 0 saturated heterocycles. The Morgan fingerprint density at radius 2 is 1.88 bits per heavy atom. The fourth-order valence-electron chi connectivity index (χ4n) is 3.77. The summed E-state index contributed by atoms with van der Waals surface area (Å²) in [6.45, 7) is 1.86. The SMILES string of the molecule is CCc1nn2c(c1-c1ccc(OC)c(S(=O)(=O)Nc3cccc(OC)c3)c1)NC(=O)CCC2=O. The van der Waals surface area contributed by atoms with E-state index in [0.29, 0.717) is 34.7 Å². The molecule has 0 unspecified atom stereocenters. The summed E-state index contributed by atoms with van der Waals surface area (Å²) in [4.78, 5) is 24.6. The van der Waals surface area contributed by atoms with Gasteiger partial charge in [-0.15, -0.1) is 0 Å². The van der Waals surface area contributed by atoms with E-state index in [2.05, 4.69) is 15.1 Å². The molecule has 2 N–H and O–H groups in total. The van der Waals surface area contributed by atoms with Crippen LogP contribution in [0.3, 0.4) is 0 Å². The van der Waals surface area contributed by atoms with Crippen LogP contribution < -0.4 is 19.5 Å². The van der Waals surface area contributed by atoms with Crippen molar-refractivity contribution in [1.29, 1.82) is 0 Å². The summed E-state index contributed by atoms with van der Waals surface area (Å²) < 4.78 is 40.9. The molecule has 3 aromatic rings. The average Bonchev–Trinajstić information content (AvgIpc) is 3.13. The molecule has 10 nitrogen and oxygen atoms in total. The van der Waals surface area contributed by atoms with Crippen molar-refractivity contribution in [2.75, 3.05) is 24.3 Å². The van der Waals surface area contributed by atoms with Crippen LogP contribution in [-0.2, 0) is 21.2 Å². The van der Waals surface area contributed by atoms with Gasteiger partial charge in [0.25, 0.3) is 10.0 Å². The van der Waals surface area contributed by atoms with Gasteiger partial charge in [0.2, 0.25) is 11.8 Å². The van der Waals surface area contributed by atoms with E-state index in [9.17, 15) is 18.0 Å². The number of ether oxygens (including phenoxy) is 2. The number of nitrogens with zero attached hydrogens (tertiary/aromatic N) is 2. The van der Waals surface area contributed by atoms with Gasteiger partial charge in [0, 0.05) is 24.5 Å². The molecule has 0 bridgehead atoms. The first kappa shape index (κ1) is 23.3. The third-order valence-corrected chi connectivity index (χ3v) is 6.82. The number of carbonyl (C=O) groups is 2. The minimum atomic E-state index is -4.08. The second-order valence-electron chi connectivity index (χ2n) is 7.58. The lowest BCUT2D eigenvalue weighted by Gasteiger charge is -2.14. The van der Waals surface area contributed by atoms with Crippen molar-refractivity contribution < 1.29 is 27.5 Å². The van der Waals surface area contributed by atoms with Crippen LogP contribution in [0.5, 0.6) is 11.5 Å². The van der Waals surface area contributed by atoms with E-state index in [1.54, 1.807) is 30.3 Å². The summed E-state index contributed by atoms with van der Waals surface area (Å²) in [6.07, 6.45) is 0.556. The van der Waals surface area contributed by atoms with Crippen LogP contribution in [-0.4, -0.2) is 44.2 Å². The number of aromatic nitrogens is 2. The van der Waals surface area contributed by atoms with Crippen LogP contribution >= 0.6 is 0 Å². The Morgan fingerprint density at radius 3 is 2.59 bits per heavy atom. The number of hydrogen-bond acceptors (Lipinski definition) is 7. The highest BCUT2D eigenvalue weighted by molar-refractivity contribution is 7.92. The fourth-order valence-corrected chi connectivity index (χ4v) is 5.02. The van der Waals surface area contributed by atoms with Gasteiger partial charge in [0.05, 0.1) is 25.6 Å². The molecule has 0 aliphatic carbocycles. The molecule has 0 radical (unpaired) electrons. The zero-order valence-corrected chi connectivity index (χ0v) is 19.7. The molecule has 1 aliphatic heterocycles. The Kier molecular flexibility index (Phi) is 6.29. The number of carbonyl (C=O) groups excluding carboxylic acids is 2. The molecule has 1 aliphatic rings. The van der Waals surface area contributed by atoms with Crippen LogP contribution in [0, 0.1) is 0 Å². The number of fused-ring (bicyclic) bond motifs is 1. The van der Waals surface area contributed by atoms with Crippen molar-refractivity contribution in [3.63, 3.8) is 0 Å². The third kappa shape index (κ3) is 4.34. The number of rotatable bonds is 7. The van der Waals surface area contributed by atoms with E-state index < -0.39 is 10.0 Å². The number of anilines is 2. The first-order chi connectivity index (χ1) is 16.3. The van der Waals surface area contributed by atoms with Crippen molar-refractivity contribution >= 4 is 33.3 Å². The molecular weight excluding hydrogens is 460 g/mol. The van der Waals surface area contributed by atoms with Crippen molar-refractivity contribution in [1.82, 2.24) is 9.78 Å². The van der Waals surface area contributed by atoms with E-state index in [1.807, 2.05) is 6.92 Å². The van der Waals surface area contributed by atoms with Gasteiger partial charge in [-0.2, -0.15) is 9.78 Å². The van der Waals surface area contributed by atoms with Gasteiger partial charge >= 0.3 is 0 Å².